The normalized spacial score (nSPS) is 37.6. The molecule has 0 spiro atoms. The summed E-state index contributed by atoms with van der Waals surface area (Å²) >= 11 is 0. The Balaban J connectivity index is 1.96. The van der Waals surface area contributed by atoms with Gasteiger partial charge in [0.25, 0.3) is 0 Å². The molecule has 3 heteroatoms. The third-order valence-corrected chi connectivity index (χ3v) is 4.01. The zero-order chi connectivity index (χ0) is 11.2. The van der Waals surface area contributed by atoms with E-state index < -0.39 is 5.60 Å². The number of aliphatic hydroxyl groups is 1. The molecule has 3 nitrogen and oxygen atoms in total. The lowest BCUT2D eigenvalue weighted by Gasteiger charge is -2.38. The fourth-order valence-corrected chi connectivity index (χ4v) is 3.32. The molecule has 1 aromatic heterocycles. The molecular formula is C13H18N2O. The topological polar surface area (TPSA) is 45.2 Å². The third-order valence-electron chi connectivity index (χ3n) is 4.01. The lowest BCUT2D eigenvalue weighted by molar-refractivity contribution is -0.0123. The highest BCUT2D eigenvalue weighted by Crippen LogP contribution is 2.41. The molecular weight excluding hydrogens is 200 g/mol. The smallest absolute Gasteiger partial charge is 0.0943 e. The minimum absolute atomic E-state index is 0.489. The zero-order valence-electron chi connectivity index (χ0n) is 9.61. The molecule has 0 saturated carbocycles. The second kappa shape index (κ2) is 3.54. The van der Waals surface area contributed by atoms with E-state index in [9.17, 15) is 5.11 Å². The van der Waals surface area contributed by atoms with Gasteiger partial charge in [-0.3, -0.25) is 4.98 Å². The Bertz CT molecular complexity index is 393. The first-order valence-electron chi connectivity index (χ1n) is 6.08. The van der Waals surface area contributed by atoms with Crippen LogP contribution in [0.1, 0.15) is 36.9 Å². The van der Waals surface area contributed by atoms with Gasteiger partial charge in [0, 0.05) is 29.5 Å². The summed E-state index contributed by atoms with van der Waals surface area (Å²) in [4.78, 5) is 4.29. The van der Waals surface area contributed by atoms with Gasteiger partial charge >= 0.3 is 0 Å². The van der Waals surface area contributed by atoms with Crippen LogP contribution in [-0.2, 0) is 5.60 Å². The minimum atomic E-state index is -0.657. The fourth-order valence-electron chi connectivity index (χ4n) is 3.32. The molecule has 1 aromatic rings. The third kappa shape index (κ3) is 1.55. The number of fused-ring (bicyclic) bond motifs is 2. The van der Waals surface area contributed by atoms with E-state index in [1.54, 1.807) is 6.20 Å². The van der Waals surface area contributed by atoms with Gasteiger partial charge in [0.05, 0.1) is 5.60 Å². The van der Waals surface area contributed by atoms with Crippen molar-refractivity contribution in [3.05, 3.63) is 29.6 Å². The van der Waals surface area contributed by atoms with Crippen molar-refractivity contribution >= 4 is 0 Å². The van der Waals surface area contributed by atoms with Gasteiger partial charge in [-0.2, -0.15) is 0 Å². The van der Waals surface area contributed by atoms with Gasteiger partial charge in [0.1, 0.15) is 0 Å². The lowest BCUT2D eigenvalue weighted by Crippen LogP contribution is -2.47. The Kier molecular flexibility index (Phi) is 2.26. The molecule has 86 valence electrons. The first-order chi connectivity index (χ1) is 7.67. The molecule has 16 heavy (non-hydrogen) atoms. The van der Waals surface area contributed by atoms with Crippen LogP contribution in [0.4, 0.5) is 0 Å². The fraction of sp³-hybridized carbons (Fsp3) is 0.615. The molecule has 2 aliphatic rings. The largest absolute Gasteiger partial charge is 0.385 e. The molecule has 2 bridgehead atoms. The number of pyridine rings is 1. The maximum absolute atomic E-state index is 10.8. The number of rotatable bonds is 1. The van der Waals surface area contributed by atoms with Gasteiger partial charge in [-0.25, -0.2) is 0 Å². The van der Waals surface area contributed by atoms with Crippen LogP contribution in [0.3, 0.4) is 0 Å². The number of aromatic nitrogens is 1. The summed E-state index contributed by atoms with van der Waals surface area (Å²) in [6.07, 6.45) is 5.85. The van der Waals surface area contributed by atoms with Gasteiger partial charge in [0.2, 0.25) is 0 Å². The van der Waals surface area contributed by atoms with Gasteiger partial charge in [-0.1, -0.05) is 6.07 Å². The predicted octanol–water partition coefficient (Wildman–Crippen LogP) is 1.49. The quantitative estimate of drug-likeness (QED) is 0.750. The number of nitrogens with one attached hydrogen (secondary N) is 1. The van der Waals surface area contributed by atoms with Crippen LogP contribution in [0.5, 0.6) is 0 Å². The van der Waals surface area contributed by atoms with E-state index in [1.807, 2.05) is 19.1 Å². The standard InChI is InChI=1S/C13H18N2O/c1-9-12(3-2-6-14-9)13(16)7-10-4-5-11(8-13)15-10/h2-3,6,10-11,15-16H,4-5,7-8H2,1H3. The Hall–Kier alpha value is -0.930. The van der Waals surface area contributed by atoms with Crippen LogP contribution in [-0.4, -0.2) is 22.2 Å². The van der Waals surface area contributed by atoms with E-state index in [0.717, 1.165) is 24.1 Å². The Morgan fingerprint density at radius 3 is 2.69 bits per heavy atom. The lowest BCUT2D eigenvalue weighted by atomic mass is 9.81. The number of aryl methyl sites for hydroxylation is 1. The van der Waals surface area contributed by atoms with Gasteiger partial charge in [-0.15, -0.1) is 0 Å². The summed E-state index contributed by atoms with van der Waals surface area (Å²) in [7, 11) is 0. The van der Waals surface area contributed by atoms with E-state index in [-0.39, 0.29) is 0 Å². The van der Waals surface area contributed by atoms with Crippen molar-refractivity contribution < 1.29 is 5.11 Å². The second-order valence-electron chi connectivity index (χ2n) is 5.21. The van der Waals surface area contributed by atoms with Gasteiger partial charge in [0.15, 0.2) is 0 Å². The van der Waals surface area contributed by atoms with E-state index in [4.69, 9.17) is 0 Å². The number of hydrogen-bond acceptors (Lipinski definition) is 3. The molecule has 3 heterocycles. The average molecular weight is 218 g/mol. The van der Waals surface area contributed by atoms with E-state index >= 15 is 0 Å². The first kappa shape index (κ1) is 10.2. The predicted molar refractivity (Wildman–Crippen MR) is 62.1 cm³/mol. The molecule has 0 radical (unpaired) electrons. The minimum Gasteiger partial charge on any atom is -0.385 e. The Morgan fingerprint density at radius 1 is 1.38 bits per heavy atom. The highest BCUT2D eigenvalue weighted by molar-refractivity contribution is 5.27. The summed E-state index contributed by atoms with van der Waals surface area (Å²) in [5, 5.41) is 14.4. The molecule has 2 unspecified atom stereocenters. The highest BCUT2D eigenvalue weighted by Gasteiger charge is 2.44. The van der Waals surface area contributed by atoms with Crippen LogP contribution in [0.2, 0.25) is 0 Å². The van der Waals surface area contributed by atoms with Gasteiger partial charge in [-0.05, 0) is 38.7 Å². The van der Waals surface area contributed by atoms with Gasteiger partial charge < -0.3 is 10.4 Å². The molecule has 2 aliphatic heterocycles. The SMILES string of the molecule is Cc1ncccc1C1(O)CC2CCC(C1)N2. The van der Waals surface area contributed by atoms with E-state index in [1.165, 1.54) is 12.8 Å². The van der Waals surface area contributed by atoms with Crippen molar-refractivity contribution in [1.29, 1.82) is 0 Å². The summed E-state index contributed by atoms with van der Waals surface area (Å²) in [5.74, 6) is 0. The number of nitrogens with zero attached hydrogens (tertiary/aromatic N) is 1. The van der Waals surface area contributed by atoms with Crippen LogP contribution in [0, 0.1) is 6.92 Å². The zero-order valence-corrected chi connectivity index (χ0v) is 9.61. The van der Waals surface area contributed by atoms with Crippen molar-refractivity contribution in [2.24, 2.45) is 0 Å². The highest BCUT2D eigenvalue weighted by atomic mass is 16.3. The summed E-state index contributed by atoms with van der Waals surface area (Å²) in [6.45, 7) is 1.98. The monoisotopic (exact) mass is 218 g/mol. The van der Waals surface area contributed by atoms with Crippen molar-refractivity contribution in [2.45, 2.75) is 50.3 Å². The van der Waals surface area contributed by atoms with Crippen LogP contribution >= 0.6 is 0 Å². The molecule has 3 rings (SSSR count). The van der Waals surface area contributed by atoms with Crippen LogP contribution in [0.15, 0.2) is 18.3 Å². The van der Waals surface area contributed by atoms with Crippen molar-refractivity contribution in [3.63, 3.8) is 0 Å². The van der Waals surface area contributed by atoms with Crippen molar-refractivity contribution in [2.75, 3.05) is 0 Å². The van der Waals surface area contributed by atoms with Crippen molar-refractivity contribution in [1.82, 2.24) is 10.3 Å². The van der Waals surface area contributed by atoms with Crippen LogP contribution in [0.25, 0.3) is 0 Å². The summed E-state index contributed by atoms with van der Waals surface area (Å²) in [5.41, 5.74) is 1.33. The first-order valence-corrected chi connectivity index (χ1v) is 6.08. The summed E-state index contributed by atoms with van der Waals surface area (Å²) < 4.78 is 0. The molecule has 2 atom stereocenters. The van der Waals surface area contributed by atoms with Crippen LogP contribution < -0.4 is 5.32 Å². The van der Waals surface area contributed by atoms with E-state index in [2.05, 4.69) is 10.3 Å². The number of hydrogen-bond donors (Lipinski definition) is 2. The van der Waals surface area contributed by atoms with E-state index in [0.29, 0.717) is 12.1 Å². The maximum Gasteiger partial charge on any atom is 0.0943 e. The number of piperidine rings is 1. The average Bonchev–Trinajstić information content (AvgIpc) is 2.59. The molecule has 2 N–H and O–H groups in total. The molecule has 0 aliphatic carbocycles. The maximum atomic E-state index is 10.8. The Labute approximate surface area is 95.9 Å². The Morgan fingerprint density at radius 2 is 2.06 bits per heavy atom. The molecule has 0 aromatic carbocycles. The van der Waals surface area contributed by atoms with Crippen molar-refractivity contribution in [3.8, 4) is 0 Å². The molecule has 2 fully saturated rings. The molecule has 0 amide bonds. The summed E-state index contributed by atoms with van der Waals surface area (Å²) in [6, 6.07) is 4.92. The second-order valence-corrected chi connectivity index (χ2v) is 5.21. The molecule has 2 saturated heterocycles.